The molecule has 0 spiro atoms. The number of hydrogen-bond donors (Lipinski definition) is 0. The van der Waals surface area contributed by atoms with E-state index in [1.807, 2.05) is 12.2 Å². The Hall–Kier alpha value is -1.32. The molecule has 84 valence electrons. The number of methoxy groups -OCH3 is 2. The molecule has 4 heteroatoms. The molecule has 0 fully saturated rings. The molecule has 0 radical (unpaired) electrons. The molecule has 0 aliphatic heterocycles. The molecule has 0 amide bonds. The van der Waals surface area contributed by atoms with E-state index in [1.54, 1.807) is 0 Å². The minimum Gasteiger partial charge on any atom is -0.468 e. The Morgan fingerprint density at radius 1 is 1.00 bits per heavy atom. The highest BCUT2D eigenvalue weighted by atomic mass is 16.5. The summed E-state index contributed by atoms with van der Waals surface area (Å²) in [6.45, 7) is 0. The first-order valence-corrected chi connectivity index (χ1v) is 4.99. The van der Waals surface area contributed by atoms with Crippen molar-refractivity contribution >= 4 is 11.9 Å². The fraction of sp³-hybridized carbons (Fsp3) is 0.636. The van der Waals surface area contributed by atoms with E-state index < -0.39 is 17.4 Å². The lowest BCUT2D eigenvalue weighted by atomic mass is 9.80. The van der Waals surface area contributed by atoms with E-state index in [0.29, 0.717) is 25.7 Å². The van der Waals surface area contributed by atoms with E-state index in [9.17, 15) is 9.59 Å². The van der Waals surface area contributed by atoms with Gasteiger partial charge in [-0.1, -0.05) is 12.2 Å². The van der Waals surface area contributed by atoms with E-state index in [0.717, 1.165) is 0 Å². The smallest absolute Gasteiger partial charge is 0.323 e. The molecule has 1 rings (SSSR count). The third-order valence-electron chi connectivity index (χ3n) is 2.79. The first kappa shape index (κ1) is 11.8. The average molecular weight is 212 g/mol. The van der Waals surface area contributed by atoms with Crippen molar-refractivity contribution in [3.05, 3.63) is 12.2 Å². The molecule has 0 aromatic heterocycles. The molecule has 0 aromatic rings. The van der Waals surface area contributed by atoms with Crippen molar-refractivity contribution in [2.24, 2.45) is 5.41 Å². The van der Waals surface area contributed by atoms with Crippen LogP contribution < -0.4 is 0 Å². The quantitative estimate of drug-likeness (QED) is 0.395. The number of rotatable bonds is 2. The fourth-order valence-electron chi connectivity index (χ4n) is 1.90. The minimum atomic E-state index is -1.10. The molecule has 0 saturated heterocycles. The Bertz CT molecular complexity index is 252. The van der Waals surface area contributed by atoms with Crippen LogP contribution in [0.1, 0.15) is 25.7 Å². The van der Waals surface area contributed by atoms with Gasteiger partial charge < -0.3 is 9.47 Å². The summed E-state index contributed by atoms with van der Waals surface area (Å²) in [6, 6.07) is 0. The van der Waals surface area contributed by atoms with Crippen LogP contribution in [0.3, 0.4) is 0 Å². The summed E-state index contributed by atoms with van der Waals surface area (Å²) in [6.07, 6.45) is 6.28. The van der Waals surface area contributed by atoms with Gasteiger partial charge in [-0.05, 0) is 25.7 Å². The molecule has 1 aliphatic rings. The van der Waals surface area contributed by atoms with Crippen LogP contribution in [0.25, 0.3) is 0 Å². The van der Waals surface area contributed by atoms with Crippen LogP contribution in [0.2, 0.25) is 0 Å². The average Bonchev–Trinajstić information content (AvgIpc) is 2.53. The van der Waals surface area contributed by atoms with E-state index in [-0.39, 0.29) is 0 Å². The first-order valence-electron chi connectivity index (χ1n) is 4.99. The van der Waals surface area contributed by atoms with Gasteiger partial charge in [0.05, 0.1) is 14.2 Å². The van der Waals surface area contributed by atoms with Crippen LogP contribution >= 0.6 is 0 Å². The van der Waals surface area contributed by atoms with Crippen molar-refractivity contribution in [1.29, 1.82) is 0 Å². The van der Waals surface area contributed by atoms with Gasteiger partial charge in [-0.15, -0.1) is 0 Å². The molecule has 0 aromatic carbocycles. The zero-order valence-electron chi connectivity index (χ0n) is 9.12. The van der Waals surface area contributed by atoms with Crippen molar-refractivity contribution in [2.45, 2.75) is 25.7 Å². The Morgan fingerprint density at radius 3 is 1.73 bits per heavy atom. The second-order valence-corrected chi connectivity index (χ2v) is 3.61. The van der Waals surface area contributed by atoms with Crippen LogP contribution in [0.4, 0.5) is 0 Å². The van der Waals surface area contributed by atoms with Crippen molar-refractivity contribution in [3.63, 3.8) is 0 Å². The highest BCUT2D eigenvalue weighted by Crippen LogP contribution is 2.35. The van der Waals surface area contributed by atoms with Crippen molar-refractivity contribution in [3.8, 4) is 0 Å². The Balaban J connectivity index is 2.94. The van der Waals surface area contributed by atoms with E-state index in [4.69, 9.17) is 9.47 Å². The summed E-state index contributed by atoms with van der Waals surface area (Å²) in [5, 5.41) is 0. The lowest BCUT2D eigenvalue weighted by Crippen LogP contribution is -2.40. The normalized spacial score (nSPS) is 19.1. The highest BCUT2D eigenvalue weighted by molar-refractivity contribution is 6.00. The largest absolute Gasteiger partial charge is 0.468 e. The Morgan fingerprint density at radius 2 is 1.40 bits per heavy atom. The van der Waals surface area contributed by atoms with Crippen molar-refractivity contribution < 1.29 is 19.1 Å². The maximum Gasteiger partial charge on any atom is 0.323 e. The molecular formula is C11H16O4. The molecule has 15 heavy (non-hydrogen) atoms. The summed E-state index contributed by atoms with van der Waals surface area (Å²) < 4.78 is 9.41. The topological polar surface area (TPSA) is 52.6 Å². The van der Waals surface area contributed by atoms with Crippen LogP contribution in [0.15, 0.2) is 12.2 Å². The molecule has 1 aliphatic carbocycles. The number of ether oxygens (including phenoxy) is 2. The maximum atomic E-state index is 11.7. The van der Waals surface area contributed by atoms with Gasteiger partial charge in [0, 0.05) is 0 Å². The summed E-state index contributed by atoms with van der Waals surface area (Å²) in [5.74, 6) is -0.976. The summed E-state index contributed by atoms with van der Waals surface area (Å²) in [4.78, 5) is 23.4. The summed E-state index contributed by atoms with van der Waals surface area (Å²) in [5.41, 5.74) is -1.10. The minimum absolute atomic E-state index is 0.461. The van der Waals surface area contributed by atoms with E-state index in [1.165, 1.54) is 14.2 Å². The molecule has 0 heterocycles. The van der Waals surface area contributed by atoms with Gasteiger partial charge in [0.2, 0.25) is 0 Å². The molecule has 0 bridgehead atoms. The SMILES string of the molecule is COC(=O)C1(C(=O)OC)CCC=CCC1. The molecule has 0 unspecified atom stereocenters. The molecule has 0 N–H and O–H groups in total. The lowest BCUT2D eigenvalue weighted by Gasteiger charge is -2.26. The predicted molar refractivity (Wildman–Crippen MR) is 54.1 cm³/mol. The predicted octanol–water partition coefficient (Wildman–Crippen LogP) is 1.45. The van der Waals surface area contributed by atoms with Crippen LogP contribution in [-0.2, 0) is 19.1 Å². The van der Waals surface area contributed by atoms with E-state index in [2.05, 4.69) is 0 Å². The molecular weight excluding hydrogens is 196 g/mol. The van der Waals surface area contributed by atoms with Gasteiger partial charge in [-0.3, -0.25) is 9.59 Å². The number of carbonyl (C=O) groups is 2. The van der Waals surface area contributed by atoms with Gasteiger partial charge in [0.1, 0.15) is 0 Å². The zero-order valence-corrected chi connectivity index (χ0v) is 9.12. The fourth-order valence-corrected chi connectivity index (χ4v) is 1.90. The maximum absolute atomic E-state index is 11.7. The van der Waals surface area contributed by atoms with Crippen LogP contribution in [0.5, 0.6) is 0 Å². The van der Waals surface area contributed by atoms with Crippen LogP contribution in [-0.4, -0.2) is 26.2 Å². The van der Waals surface area contributed by atoms with Gasteiger partial charge >= 0.3 is 11.9 Å². The second-order valence-electron chi connectivity index (χ2n) is 3.61. The summed E-state index contributed by atoms with van der Waals surface area (Å²) in [7, 11) is 2.59. The Kier molecular flexibility index (Phi) is 3.88. The van der Waals surface area contributed by atoms with Crippen LogP contribution in [0, 0.1) is 5.41 Å². The summed E-state index contributed by atoms with van der Waals surface area (Å²) >= 11 is 0. The van der Waals surface area contributed by atoms with E-state index >= 15 is 0 Å². The first-order chi connectivity index (χ1) is 7.17. The number of esters is 2. The van der Waals surface area contributed by atoms with Crippen molar-refractivity contribution in [2.75, 3.05) is 14.2 Å². The Labute approximate surface area is 89.2 Å². The van der Waals surface area contributed by atoms with Crippen molar-refractivity contribution in [1.82, 2.24) is 0 Å². The number of allylic oxidation sites excluding steroid dienone is 2. The van der Waals surface area contributed by atoms with Gasteiger partial charge in [-0.2, -0.15) is 0 Å². The standard InChI is InChI=1S/C11H16O4/c1-14-9(12)11(10(13)15-2)7-5-3-4-6-8-11/h3-4H,5-8H2,1-2H3. The number of carbonyl (C=O) groups excluding carboxylic acids is 2. The second kappa shape index (κ2) is 4.96. The third-order valence-corrected chi connectivity index (χ3v) is 2.79. The van der Waals surface area contributed by atoms with Gasteiger partial charge in [-0.25, -0.2) is 0 Å². The zero-order chi connectivity index (χ0) is 11.3. The van der Waals surface area contributed by atoms with Gasteiger partial charge in [0.25, 0.3) is 0 Å². The third kappa shape index (κ3) is 2.19. The highest BCUT2D eigenvalue weighted by Gasteiger charge is 2.47. The lowest BCUT2D eigenvalue weighted by molar-refractivity contribution is -0.170. The molecule has 0 saturated carbocycles. The molecule has 4 nitrogen and oxygen atoms in total. The van der Waals surface area contributed by atoms with Gasteiger partial charge in [0.15, 0.2) is 5.41 Å². The monoisotopic (exact) mass is 212 g/mol. The number of hydrogen-bond acceptors (Lipinski definition) is 4. The molecule has 0 atom stereocenters.